The number of aryl methyl sites for hydroxylation is 2. The quantitative estimate of drug-likeness (QED) is 0.665. The number of nitrogens with one attached hydrogen (secondary N) is 2. The average Bonchev–Trinajstić information content (AvgIpc) is 3.38. The zero-order chi connectivity index (χ0) is 19.5. The van der Waals surface area contributed by atoms with Gasteiger partial charge in [0.1, 0.15) is 5.69 Å². The molecule has 0 radical (unpaired) electrons. The standard InChI is InChI=1S/C22H21N3O3/c1-14(21(26)23-18-11-10-15-8-5-9-17(15)12-18)28-22(27)20-13-19(24-25-20)16-6-3-2-4-7-16/h2-4,6-7,10-14H,5,8-9H2,1H3,(H,23,26)(H,24,25)/t14-/m0/s1. The van der Waals surface area contributed by atoms with E-state index in [4.69, 9.17) is 4.74 Å². The zero-order valence-electron chi connectivity index (χ0n) is 15.6. The van der Waals surface area contributed by atoms with E-state index in [0.717, 1.165) is 30.5 Å². The molecule has 0 saturated heterocycles. The lowest BCUT2D eigenvalue weighted by molar-refractivity contribution is -0.123. The minimum atomic E-state index is -0.927. The van der Waals surface area contributed by atoms with Gasteiger partial charge in [0.05, 0.1) is 5.69 Å². The van der Waals surface area contributed by atoms with E-state index < -0.39 is 12.1 Å². The van der Waals surface area contributed by atoms with Gasteiger partial charge in [-0.2, -0.15) is 5.10 Å². The number of hydrogen-bond acceptors (Lipinski definition) is 4. The molecule has 1 aliphatic carbocycles. The first-order valence-electron chi connectivity index (χ1n) is 9.34. The molecule has 0 saturated carbocycles. The van der Waals surface area contributed by atoms with E-state index in [-0.39, 0.29) is 11.6 Å². The first-order valence-corrected chi connectivity index (χ1v) is 9.34. The number of aromatic amines is 1. The highest BCUT2D eigenvalue weighted by Gasteiger charge is 2.21. The van der Waals surface area contributed by atoms with E-state index in [1.54, 1.807) is 13.0 Å². The molecule has 1 aromatic heterocycles. The Balaban J connectivity index is 1.37. The van der Waals surface area contributed by atoms with Gasteiger partial charge in [-0.25, -0.2) is 4.79 Å². The summed E-state index contributed by atoms with van der Waals surface area (Å²) in [6.07, 6.45) is 2.35. The van der Waals surface area contributed by atoms with Gasteiger partial charge in [-0.1, -0.05) is 36.4 Å². The molecule has 1 aliphatic rings. The first-order chi connectivity index (χ1) is 13.6. The number of nitrogens with zero attached hydrogens (tertiary/aromatic N) is 1. The Labute approximate surface area is 162 Å². The number of H-pyrrole nitrogens is 1. The molecule has 28 heavy (non-hydrogen) atoms. The number of rotatable bonds is 5. The van der Waals surface area contributed by atoms with Gasteiger partial charge in [-0.15, -0.1) is 0 Å². The van der Waals surface area contributed by atoms with Crippen molar-refractivity contribution in [1.82, 2.24) is 10.2 Å². The van der Waals surface area contributed by atoms with Crippen molar-refractivity contribution in [2.45, 2.75) is 32.3 Å². The number of fused-ring (bicyclic) bond motifs is 1. The summed E-state index contributed by atoms with van der Waals surface area (Å²) >= 11 is 0. The van der Waals surface area contributed by atoms with Crippen molar-refractivity contribution < 1.29 is 14.3 Å². The van der Waals surface area contributed by atoms with Gasteiger partial charge in [0.15, 0.2) is 6.10 Å². The van der Waals surface area contributed by atoms with E-state index in [2.05, 4.69) is 15.5 Å². The molecular formula is C22H21N3O3. The van der Waals surface area contributed by atoms with Crippen LogP contribution in [-0.2, 0) is 22.4 Å². The van der Waals surface area contributed by atoms with Crippen LogP contribution in [0.1, 0.15) is 35.0 Å². The lowest BCUT2D eigenvalue weighted by Gasteiger charge is -2.13. The summed E-state index contributed by atoms with van der Waals surface area (Å²) in [5, 5.41) is 9.62. The molecule has 0 aliphatic heterocycles. The number of esters is 1. The SMILES string of the molecule is C[C@H](OC(=O)c1cc(-c2ccccc2)n[nH]1)C(=O)Nc1ccc2c(c1)CCC2. The van der Waals surface area contributed by atoms with Crippen molar-refractivity contribution >= 4 is 17.6 Å². The summed E-state index contributed by atoms with van der Waals surface area (Å²) in [5.74, 6) is -0.986. The Kier molecular flexibility index (Phi) is 4.93. The Morgan fingerprint density at radius 2 is 1.86 bits per heavy atom. The van der Waals surface area contributed by atoms with Gasteiger partial charge in [0, 0.05) is 11.3 Å². The summed E-state index contributed by atoms with van der Waals surface area (Å²) in [6, 6.07) is 17.0. The van der Waals surface area contributed by atoms with Crippen LogP contribution in [0.15, 0.2) is 54.6 Å². The minimum Gasteiger partial charge on any atom is -0.448 e. The van der Waals surface area contributed by atoms with Crippen molar-refractivity contribution in [2.75, 3.05) is 5.32 Å². The summed E-state index contributed by atoms with van der Waals surface area (Å²) < 4.78 is 5.29. The van der Waals surface area contributed by atoms with E-state index >= 15 is 0 Å². The number of carbonyl (C=O) groups is 2. The maximum absolute atomic E-state index is 12.4. The van der Waals surface area contributed by atoms with Crippen LogP contribution in [0.5, 0.6) is 0 Å². The van der Waals surface area contributed by atoms with Crippen molar-refractivity contribution in [2.24, 2.45) is 0 Å². The third-order valence-corrected chi connectivity index (χ3v) is 4.89. The fraction of sp³-hybridized carbons (Fsp3) is 0.227. The molecule has 4 rings (SSSR count). The molecule has 6 heteroatoms. The molecule has 1 atom stereocenters. The highest BCUT2D eigenvalue weighted by Crippen LogP contribution is 2.25. The Hall–Kier alpha value is -3.41. The van der Waals surface area contributed by atoms with Gasteiger partial charge < -0.3 is 10.1 Å². The monoisotopic (exact) mass is 375 g/mol. The van der Waals surface area contributed by atoms with Gasteiger partial charge in [-0.05, 0) is 55.5 Å². The predicted octanol–water partition coefficient (Wildman–Crippen LogP) is 3.75. The molecular weight excluding hydrogens is 354 g/mol. The van der Waals surface area contributed by atoms with Crippen LogP contribution in [0, 0.1) is 0 Å². The molecule has 1 heterocycles. The summed E-state index contributed by atoms with van der Waals surface area (Å²) in [5.41, 5.74) is 5.07. The number of aromatic nitrogens is 2. The van der Waals surface area contributed by atoms with Crippen LogP contribution >= 0.6 is 0 Å². The predicted molar refractivity (Wildman–Crippen MR) is 106 cm³/mol. The molecule has 0 spiro atoms. The van der Waals surface area contributed by atoms with E-state index in [1.165, 1.54) is 11.1 Å². The molecule has 2 aromatic carbocycles. The number of carbonyl (C=O) groups excluding carboxylic acids is 2. The van der Waals surface area contributed by atoms with Crippen LogP contribution in [0.2, 0.25) is 0 Å². The Morgan fingerprint density at radius 1 is 1.07 bits per heavy atom. The molecule has 6 nitrogen and oxygen atoms in total. The lowest BCUT2D eigenvalue weighted by Crippen LogP contribution is -2.30. The van der Waals surface area contributed by atoms with E-state index in [1.807, 2.05) is 48.5 Å². The fourth-order valence-corrected chi connectivity index (χ4v) is 3.35. The Bertz CT molecular complexity index is 1010. The number of benzene rings is 2. The van der Waals surface area contributed by atoms with Gasteiger partial charge in [0.25, 0.3) is 5.91 Å². The van der Waals surface area contributed by atoms with Gasteiger partial charge >= 0.3 is 5.97 Å². The number of anilines is 1. The van der Waals surface area contributed by atoms with Crippen molar-refractivity contribution in [3.8, 4) is 11.3 Å². The van der Waals surface area contributed by atoms with Crippen LogP contribution in [0.25, 0.3) is 11.3 Å². The molecule has 2 N–H and O–H groups in total. The summed E-state index contributed by atoms with van der Waals surface area (Å²) in [4.78, 5) is 24.7. The van der Waals surface area contributed by atoms with Crippen LogP contribution in [0.3, 0.4) is 0 Å². The third-order valence-electron chi connectivity index (χ3n) is 4.89. The van der Waals surface area contributed by atoms with E-state index in [0.29, 0.717) is 5.69 Å². The van der Waals surface area contributed by atoms with Crippen LogP contribution in [-0.4, -0.2) is 28.2 Å². The molecule has 142 valence electrons. The molecule has 0 unspecified atom stereocenters. The number of hydrogen-bond donors (Lipinski definition) is 2. The minimum absolute atomic E-state index is 0.205. The van der Waals surface area contributed by atoms with E-state index in [9.17, 15) is 9.59 Å². The van der Waals surface area contributed by atoms with Crippen molar-refractivity contribution in [3.05, 3.63) is 71.4 Å². The largest absolute Gasteiger partial charge is 0.448 e. The zero-order valence-corrected chi connectivity index (χ0v) is 15.6. The van der Waals surface area contributed by atoms with Crippen molar-refractivity contribution in [3.63, 3.8) is 0 Å². The first kappa shape index (κ1) is 18.0. The second kappa shape index (κ2) is 7.68. The number of amides is 1. The second-order valence-corrected chi connectivity index (χ2v) is 6.91. The van der Waals surface area contributed by atoms with Gasteiger partial charge in [-0.3, -0.25) is 9.89 Å². The molecule has 0 fully saturated rings. The summed E-state index contributed by atoms with van der Waals surface area (Å²) in [7, 11) is 0. The maximum atomic E-state index is 12.4. The smallest absolute Gasteiger partial charge is 0.357 e. The second-order valence-electron chi connectivity index (χ2n) is 6.91. The normalized spacial score (nSPS) is 13.6. The topological polar surface area (TPSA) is 84.1 Å². The fourth-order valence-electron chi connectivity index (χ4n) is 3.35. The van der Waals surface area contributed by atoms with Crippen LogP contribution < -0.4 is 5.32 Å². The Morgan fingerprint density at radius 3 is 2.68 bits per heavy atom. The lowest BCUT2D eigenvalue weighted by atomic mass is 10.1. The summed E-state index contributed by atoms with van der Waals surface area (Å²) in [6.45, 7) is 1.55. The highest BCUT2D eigenvalue weighted by molar-refractivity contribution is 5.97. The van der Waals surface area contributed by atoms with Gasteiger partial charge in [0.2, 0.25) is 0 Å². The van der Waals surface area contributed by atoms with Crippen molar-refractivity contribution in [1.29, 1.82) is 0 Å². The third kappa shape index (κ3) is 3.81. The maximum Gasteiger partial charge on any atom is 0.357 e. The molecule has 1 amide bonds. The number of ether oxygens (including phenoxy) is 1. The van der Waals surface area contributed by atoms with Crippen LogP contribution in [0.4, 0.5) is 5.69 Å². The molecule has 0 bridgehead atoms. The average molecular weight is 375 g/mol. The highest BCUT2D eigenvalue weighted by atomic mass is 16.5. The molecule has 3 aromatic rings.